The predicted molar refractivity (Wildman–Crippen MR) is 150 cm³/mol. The zero-order chi connectivity index (χ0) is 28.2. The Kier molecular flexibility index (Phi) is 13.7. The third-order valence-corrected chi connectivity index (χ3v) is 6.32. The number of hydrogen-bond acceptors (Lipinski definition) is 4. The van der Waals surface area contributed by atoms with Crippen molar-refractivity contribution in [2.24, 2.45) is 5.92 Å². The minimum Gasteiger partial charge on any atom is -0.444 e. The molecule has 0 aliphatic rings. The van der Waals surface area contributed by atoms with Crippen molar-refractivity contribution in [1.82, 2.24) is 15.5 Å². The Labute approximate surface area is 225 Å². The number of unbranched alkanes of at least 4 members (excludes halogenated alkanes) is 4. The molecule has 1 rings (SSSR count). The third-order valence-electron chi connectivity index (χ3n) is 6.32. The molecule has 0 fully saturated rings. The van der Waals surface area contributed by atoms with Gasteiger partial charge in [0.15, 0.2) is 0 Å². The van der Waals surface area contributed by atoms with Crippen LogP contribution in [0.4, 0.5) is 4.79 Å². The number of aryl methyl sites for hydroxylation is 1. The van der Waals surface area contributed by atoms with Crippen molar-refractivity contribution < 1.29 is 19.1 Å². The lowest BCUT2D eigenvalue weighted by atomic mass is 9.95. The molecule has 2 N–H and O–H groups in total. The zero-order valence-electron chi connectivity index (χ0n) is 24.6. The molecule has 0 heterocycles. The van der Waals surface area contributed by atoms with E-state index in [1.165, 1.54) is 0 Å². The molecule has 3 atom stereocenters. The molecule has 1 aromatic rings. The highest BCUT2D eigenvalue weighted by Gasteiger charge is 2.38. The number of hydrogen-bond donors (Lipinski definition) is 2. The van der Waals surface area contributed by atoms with Gasteiger partial charge in [0.25, 0.3) is 0 Å². The normalized spacial score (nSPS) is 14.0. The fourth-order valence-corrected chi connectivity index (χ4v) is 4.13. The average Bonchev–Trinajstić information content (AvgIpc) is 2.80. The maximum atomic E-state index is 14.2. The number of benzene rings is 1. The third kappa shape index (κ3) is 11.6. The van der Waals surface area contributed by atoms with Gasteiger partial charge in [-0.15, -0.1) is 0 Å². The Morgan fingerprint density at radius 2 is 1.51 bits per heavy atom. The summed E-state index contributed by atoms with van der Waals surface area (Å²) in [5.41, 5.74) is 1.15. The Balaban J connectivity index is 3.46. The molecule has 0 saturated carbocycles. The molecule has 0 spiro atoms. The lowest BCUT2D eigenvalue weighted by Gasteiger charge is -2.36. The summed E-state index contributed by atoms with van der Waals surface area (Å²) in [6, 6.07) is 6.06. The molecule has 1 aromatic carbocycles. The first-order chi connectivity index (χ1) is 17.3. The summed E-state index contributed by atoms with van der Waals surface area (Å²) in [5.74, 6) is -0.629. The lowest BCUT2D eigenvalue weighted by Crippen LogP contribution is -2.55. The van der Waals surface area contributed by atoms with Gasteiger partial charge < -0.3 is 20.3 Å². The molecule has 3 amide bonds. The maximum absolute atomic E-state index is 14.2. The number of amides is 3. The van der Waals surface area contributed by atoms with Gasteiger partial charge in [-0.25, -0.2) is 4.79 Å². The topological polar surface area (TPSA) is 87.7 Å². The van der Waals surface area contributed by atoms with Gasteiger partial charge in [0.2, 0.25) is 11.8 Å². The molecule has 210 valence electrons. The van der Waals surface area contributed by atoms with Crippen molar-refractivity contribution in [3.63, 3.8) is 0 Å². The predicted octanol–water partition coefficient (Wildman–Crippen LogP) is 6.30. The Hall–Kier alpha value is -2.57. The van der Waals surface area contributed by atoms with Gasteiger partial charge in [-0.2, -0.15) is 0 Å². The van der Waals surface area contributed by atoms with Crippen LogP contribution in [-0.4, -0.2) is 47.0 Å². The van der Waals surface area contributed by atoms with E-state index in [0.717, 1.165) is 43.2 Å². The maximum Gasteiger partial charge on any atom is 0.408 e. The molecule has 0 radical (unpaired) electrons. The summed E-state index contributed by atoms with van der Waals surface area (Å²) in [4.78, 5) is 42.2. The molecular formula is C30H51N3O4. The fourth-order valence-electron chi connectivity index (χ4n) is 4.13. The highest BCUT2D eigenvalue weighted by Crippen LogP contribution is 2.26. The number of carbonyl (C=O) groups is 3. The smallest absolute Gasteiger partial charge is 0.408 e. The second-order valence-corrected chi connectivity index (χ2v) is 11.4. The van der Waals surface area contributed by atoms with Crippen molar-refractivity contribution in [3.8, 4) is 0 Å². The lowest BCUT2D eigenvalue weighted by molar-refractivity contribution is -0.143. The molecule has 3 unspecified atom stereocenters. The van der Waals surface area contributed by atoms with Gasteiger partial charge in [-0.3, -0.25) is 9.59 Å². The Bertz CT molecular complexity index is 845. The highest BCUT2D eigenvalue weighted by molar-refractivity contribution is 5.92. The number of carbonyl (C=O) groups excluding carboxylic acids is 3. The zero-order valence-corrected chi connectivity index (χ0v) is 24.6. The summed E-state index contributed by atoms with van der Waals surface area (Å²) in [6.07, 6.45) is 5.15. The van der Waals surface area contributed by atoms with E-state index in [4.69, 9.17) is 4.74 Å². The molecule has 0 aliphatic heterocycles. The first kappa shape index (κ1) is 32.5. The quantitative estimate of drug-likeness (QED) is 0.284. The van der Waals surface area contributed by atoms with Crippen LogP contribution in [0.25, 0.3) is 0 Å². The van der Waals surface area contributed by atoms with Crippen LogP contribution in [-0.2, 0) is 14.3 Å². The summed E-state index contributed by atoms with van der Waals surface area (Å²) in [7, 11) is 0. The van der Waals surface area contributed by atoms with Crippen LogP contribution in [0, 0.1) is 12.8 Å². The van der Waals surface area contributed by atoms with Crippen LogP contribution in [0.3, 0.4) is 0 Å². The van der Waals surface area contributed by atoms with Crippen LogP contribution in [0.1, 0.15) is 111 Å². The Morgan fingerprint density at radius 1 is 0.919 bits per heavy atom. The number of rotatable bonds is 14. The molecule has 7 heteroatoms. The summed E-state index contributed by atoms with van der Waals surface area (Å²) < 4.78 is 5.48. The van der Waals surface area contributed by atoms with Crippen LogP contribution in [0.5, 0.6) is 0 Å². The molecular weight excluding hydrogens is 466 g/mol. The van der Waals surface area contributed by atoms with E-state index >= 15 is 0 Å². The first-order valence-electron chi connectivity index (χ1n) is 14.0. The number of nitrogens with zero attached hydrogens (tertiary/aromatic N) is 1. The number of ether oxygens (including phenoxy) is 1. The van der Waals surface area contributed by atoms with E-state index < -0.39 is 23.8 Å². The number of alkyl carbamates (subject to hydrolysis) is 1. The van der Waals surface area contributed by atoms with Crippen LogP contribution in [0.15, 0.2) is 24.3 Å². The molecule has 0 bridgehead atoms. The minimum atomic E-state index is -0.810. The number of nitrogens with one attached hydrogen (secondary N) is 2. The van der Waals surface area contributed by atoms with E-state index in [-0.39, 0.29) is 23.8 Å². The van der Waals surface area contributed by atoms with Crippen LogP contribution < -0.4 is 10.6 Å². The van der Waals surface area contributed by atoms with Gasteiger partial charge in [0.1, 0.15) is 17.7 Å². The van der Waals surface area contributed by atoms with E-state index in [0.29, 0.717) is 13.0 Å². The van der Waals surface area contributed by atoms with Gasteiger partial charge in [-0.05, 0) is 59.4 Å². The van der Waals surface area contributed by atoms with Crippen LogP contribution >= 0.6 is 0 Å². The molecule has 0 aliphatic carbocycles. The van der Waals surface area contributed by atoms with E-state index in [1.54, 1.807) is 25.7 Å². The van der Waals surface area contributed by atoms with E-state index in [1.807, 2.05) is 58.9 Å². The average molecular weight is 518 g/mol. The van der Waals surface area contributed by atoms with Gasteiger partial charge in [0.05, 0.1) is 0 Å². The van der Waals surface area contributed by atoms with E-state index in [9.17, 15) is 14.4 Å². The van der Waals surface area contributed by atoms with Gasteiger partial charge in [-0.1, -0.05) is 82.7 Å². The minimum absolute atomic E-state index is 0.0767. The van der Waals surface area contributed by atoms with Crippen molar-refractivity contribution in [3.05, 3.63) is 35.4 Å². The van der Waals surface area contributed by atoms with Gasteiger partial charge >= 0.3 is 6.09 Å². The van der Waals surface area contributed by atoms with Crippen molar-refractivity contribution in [2.75, 3.05) is 6.54 Å². The summed E-state index contributed by atoms with van der Waals surface area (Å²) in [6.45, 7) is 17.7. The van der Waals surface area contributed by atoms with Crippen molar-refractivity contribution in [2.45, 2.75) is 125 Å². The molecule has 0 saturated heterocycles. The molecule has 7 nitrogen and oxygen atoms in total. The highest BCUT2D eigenvalue weighted by atomic mass is 16.6. The fraction of sp³-hybridized carbons (Fsp3) is 0.700. The largest absolute Gasteiger partial charge is 0.444 e. The van der Waals surface area contributed by atoms with E-state index in [2.05, 4.69) is 17.6 Å². The monoisotopic (exact) mass is 517 g/mol. The van der Waals surface area contributed by atoms with Gasteiger partial charge in [0, 0.05) is 12.6 Å². The molecule has 37 heavy (non-hydrogen) atoms. The Morgan fingerprint density at radius 3 is 2.03 bits per heavy atom. The second kappa shape index (κ2) is 15.6. The van der Waals surface area contributed by atoms with Crippen molar-refractivity contribution in [1.29, 1.82) is 0 Å². The summed E-state index contributed by atoms with van der Waals surface area (Å²) in [5, 5.41) is 5.84. The standard InChI is InChI=1S/C30H51N3O4/c1-10-12-13-14-15-20-33(26(27(34)31-21(3)4)24-18-16-22(5)17-19-24)28(35)25(23(6)11-2)32-29(36)37-30(7,8)9/h16-19,21,23,25-26H,10-15,20H2,1-9H3,(H,31,34)(H,32,36). The SMILES string of the molecule is CCCCCCCN(C(=O)C(NC(=O)OC(C)(C)C)C(C)CC)C(C(=O)NC(C)C)c1ccc(C)cc1. The van der Waals surface area contributed by atoms with Crippen molar-refractivity contribution >= 4 is 17.9 Å². The first-order valence-corrected chi connectivity index (χ1v) is 14.0. The van der Waals surface area contributed by atoms with Crippen LogP contribution in [0.2, 0.25) is 0 Å². The molecule has 0 aromatic heterocycles. The summed E-state index contributed by atoms with van der Waals surface area (Å²) >= 11 is 0. The second-order valence-electron chi connectivity index (χ2n) is 11.4.